The smallest absolute Gasteiger partial charge is 0.263 e. The van der Waals surface area contributed by atoms with Crippen molar-refractivity contribution in [3.05, 3.63) is 28.8 Å². The zero-order valence-corrected chi connectivity index (χ0v) is 17.4. The van der Waals surface area contributed by atoms with E-state index in [1.165, 1.54) is 16.9 Å². The quantitative estimate of drug-likeness (QED) is 0.842. The van der Waals surface area contributed by atoms with Crippen LogP contribution in [-0.4, -0.2) is 42.3 Å². The summed E-state index contributed by atoms with van der Waals surface area (Å²) in [5.41, 5.74) is 1.19. The minimum atomic E-state index is 0.0330. The normalized spacial score (nSPS) is 20.0. The number of carbonyl (C=O) groups is 2. The van der Waals surface area contributed by atoms with Crippen molar-refractivity contribution < 1.29 is 9.59 Å². The second-order valence-electron chi connectivity index (χ2n) is 8.02. The van der Waals surface area contributed by atoms with Gasteiger partial charge in [0.2, 0.25) is 5.91 Å². The first kappa shape index (κ1) is 19.8. The van der Waals surface area contributed by atoms with Gasteiger partial charge in [-0.3, -0.25) is 9.59 Å². The van der Waals surface area contributed by atoms with E-state index in [0.29, 0.717) is 11.8 Å². The molecule has 2 aromatic heterocycles. The number of rotatable bonds is 5. The van der Waals surface area contributed by atoms with Crippen LogP contribution in [0.25, 0.3) is 10.2 Å². The fraction of sp³-hybridized carbons (Fsp3) is 0.571. The SMILES string of the molecule is CC(C)C(=O)NCC1CCC(c2c(C(=O)N(C)C)sc3ncccc23)CC1. The van der Waals surface area contributed by atoms with E-state index in [0.717, 1.165) is 47.3 Å². The minimum absolute atomic E-state index is 0.0330. The predicted molar refractivity (Wildman–Crippen MR) is 110 cm³/mol. The monoisotopic (exact) mass is 387 g/mol. The van der Waals surface area contributed by atoms with Crippen LogP contribution in [0.2, 0.25) is 0 Å². The van der Waals surface area contributed by atoms with E-state index >= 15 is 0 Å². The lowest BCUT2D eigenvalue weighted by atomic mass is 9.78. The van der Waals surface area contributed by atoms with Crippen molar-refractivity contribution in [3.63, 3.8) is 0 Å². The maximum absolute atomic E-state index is 12.7. The molecule has 2 amide bonds. The van der Waals surface area contributed by atoms with Crippen molar-refractivity contribution in [2.45, 2.75) is 45.4 Å². The van der Waals surface area contributed by atoms with Gasteiger partial charge in [0.05, 0.1) is 4.88 Å². The molecule has 0 unspecified atom stereocenters. The van der Waals surface area contributed by atoms with Gasteiger partial charge in [-0.25, -0.2) is 4.98 Å². The van der Waals surface area contributed by atoms with Crippen LogP contribution in [0.4, 0.5) is 0 Å². The van der Waals surface area contributed by atoms with E-state index in [-0.39, 0.29) is 17.7 Å². The molecule has 27 heavy (non-hydrogen) atoms. The third kappa shape index (κ3) is 4.32. The predicted octanol–water partition coefficient (Wildman–Crippen LogP) is 4.04. The Morgan fingerprint density at radius 2 is 1.96 bits per heavy atom. The molecule has 0 aliphatic heterocycles. The molecule has 1 aliphatic rings. The largest absolute Gasteiger partial charge is 0.356 e. The van der Waals surface area contributed by atoms with Crippen molar-refractivity contribution in [2.24, 2.45) is 11.8 Å². The highest BCUT2D eigenvalue weighted by molar-refractivity contribution is 7.20. The number of pyridine rings is 1. The molecule has 2 aromatic rings. The highest BCUT2D eigenvalue weighted by Gasteiger charge is 2.30. The zero-order chi connectivity index (χ0) is 19.6. The van der Waals surface area contributed by atoms with Crippen LogP contribution >= 0.6 is 11.3 Å². The van der Waals surface area contributed by atoms with Crippen molar-refractivity contribution in [1.29, 1.82) is 0 Å². The van der Waals surface area contributed by atoms with E-state index in [2.05, 4.69) is 16.4 Å². The fourth-order valence-electron chi connectivity index (χ4n) is 3.82. The van der Waals surface area contributed by atoms with E-state index in [9.17, 15) is 9.59 Å². The number of carbonyl (C=O) groups excluding carboxylic acids is 2. The molecule has 5 nitrogen and oxygen atoms in total. The Kier molecular flexibility index (Phi) is 6.15. The first-order chi connectivity index (χ1) is 12.9. The lowest BCUT2D eigenvalue weighted by molar-refractivity contribution is -0.124. The van der Waals surface area contributed by atoms with Gasteiger partial charge in [-0.15, -0.1) is 11.3 Å². The summed E-state index contributed by atoms with van der Waals surface area (Å²) >= 11 is 1.51. The number of nitrogens with one attached hydrogen (secondary N) is 1. The molecule has 3 rings (SSSR count). The minimum Gasteiger partial charge on any atom is -0.356 e. The summed E-state index contributed by atoms with van der Waals surface area (Å²) in [6, 6.07) is 4.05. The first-order valence-electron chi connectivity index (χ1n) is 9.75. The molecule has 1 N–H and O–H groups in total. The van der Waals surface area contributed by atoms with Gasteiger partial charge in [-0.2, -0.15) is 0 Å². The maximum atomic E-state index is 12.7. The summed E-state index contributed by atoms with van der Waals surface area (Å²) in [5, 5.41) is 4.20. The molecule has 6 heteroatoms. The second-order valence-corrected chi connectivity index (χ2v) is 9.02. The molecule has 1 saturated carbocycles. The molecule has 1 fully saturated rings. The molecular weight excluding hydrogens is 358 g/mol. The van der Waals surface area contributed by atoms with E-state index in [1.54, 1.807) is 25.2 Å². The number of hydrogen-bond donors (Lipinski definition) is 1. The highest BCUT2D eigenvalue weighted by Crippen LogP contribution is 2.43. The van der Waals surface area contributed by atoms with Gasteiger partial charge < -0.3 is 10.2 Å². The molecule has 0 aromatic carbocycles. The van der Waals surface area contributed by atoms with Gasteiger partial charge in [0.1, 0.15) is 4.83 Å². The summed E-state index contributed by atoms with van der Waals surface area (Å²) in [7, 11) is 3.61. The molecule has 146 valence electrons. The third-order valence-corrected chi connectivity index (χ3v) is 6.57. The maximum Gasteiger partial charge on any atom is 0.263 e. The van der Waals surface area contributed by atoms with E-state index in [1.807, 2.05) is 19.9 Å². The average molecular weight is 388 g/mol. The van der Waals surface area contributed by atoms with Crippen molar-refractivity contribution in [1.82, 2.24) is 15.2 Å². The molecule has 0 saturated heterocycles. The van der Waals surface area contributed by atoms with Crippen LogP contribution < -0.4 is 5.32 Å². The Morgan fingerprint density at radius 3 is 2.59 bits per heavy atom. The number of aromatic nitrogens is 1. The highest BCUT2D eigenvalue weighted by atomic mass is 32.1. The summed E-state index contributed by atoms with van der Waals surface area (Å²) in [4.78, 5) is 32.5. The van der Waals surface area contributed by atoms with Crippen LogP contribution in [-0.2, 0) is 4.79 Å². The first-order valence-corrected chi connectivity index (χ1v) is 10.6. The van der Waals surface area contributed by atoms with Gasteiger partial charge >= 0.3 is 0 Å². The third-order valence-electron chi connectivity index (χ3n) is 5.45. The Hall–Kier alpha value is -1.95. The van der Waals surface area contributed by atoms with Gasteiger partial charge in [0.25, 0.3) is 5.91 Å². The lowest BCUT2D eigenvalue weighted by Gasteiger charge is -2.29. The molecule has 0 bridgehead atoms. The fourth-order valence-corrected chi connectivity index (χ4v) is 5.07. The molecule has 2 heterocycles. The van der Waals surface area contributed by atoms with E-state index in [4.69, 9.17) is 0 Å². The Balaban J connectivity index is 1.76. The van der Waals surface area contributed by atoms with Gasteiger partial charge in [0.15, 0.2) is 0 Å². The topological polar surface area (TPSA) is 62.3 Å². The number of hydrogen-bond acceptors (Lipinski definition) is 4. The molecule has 1 aliphatic carbocycles. The standard InChI is InChI=1S/C21H29N3O2S/c1-13(2)19(25)23-12-14-7-9-15(10-8-14)17-16-6-5-11-22-20(16)27-18(17)21(26)24(3)4/h5-6,11,13-15H,7-10,12H2,1-4H3,(H,23,25). The second kappa shape index (κ2) is 8.38. The van der Waals surface area contributed by atoms with E-state index < -0.39 is 0 Å². The Labute approximate surface area is 165 Å². The molecule has 0 spiro atoms. The van der Waals surface area contributed by atoms with Crippen LogP contribution in [0.15, 0.2) is 18.3 Å². The summed E-state index contributed by atoms with van der Waals surface area (Å²) in [6.45, 7) is 4.61. The van der Waals surface area contributed by atoms with Crippen LogP contribution in [0.3, 0.4) is 0 Å². The number of thiophene rings is 1. The summed E-state index contributed by atoms with van der Waals surface area (Å²) in [5.74, 6) is 1.15. The van der Waals surface area contributed by atoms with Crippen molar-refractivity contribution in [2.75, 3.05) is 20.6 Å². The Morgan fingerprint density at radius 1 is 1.26 bits per heavy atom. The molecule has 0 atom stereocenters. The average Bonchev–Trinajstić information content (AvgIpc) is 3.05. The zero-order valence-electron chi connectivity index (χ0n) is 16.6. The molecule has 0 radical (unpaired) electrons. The van der Waals surface area contributed by atoms with Crippen molar-refractivity contribution >= 4 is 33.4 Å². The number of nitrogens with zero attached hydrogens (tertiary/aromatic N) is 2. The van der Waals surface area contributed by atoms with Gasteiger partial charge in [-0.1, -0.05) is 19.9 Å². The van der Waals surface area contributed by atoms with Crippen LogP contribution in [0.5, 0.6) is 0 Å². The molecular formula is C21H29N3O2S. The number of amides is 2. The summed E-state index contributed by atoms with van der Waals surface area (Å²) < 4.78 is 0. The van der Waals surface area contributed by atoms with Gasteiger partial charge in [0, 0.05) is 38.1 Å². The summed E-state index contributed by atoms with van der Waals surface area (Å²) in [6.07, 6.45) is 6.06. The Bertz CT molecular complexity index is 820. The number of fused-ring (bicyclic) bond motifs is 1. The van der Waals surface area contributed by atoms with Crippen molar-refractivity contribution in [3.8, 4) is 0 Å². The van der Waals surface area contributed by atoms with Gasteiger partial charge in [-0.05, 0) is 49.1 Å². The van der Waals surface area contributed by atoms with Crippen LogP contribution in [0, 0.1) is 11.8 Å². The van der Waals surface area contributed by atoms with Crippen LogP contribution in [0.1, 0.15) is 60.7 Å². The lowest BCUT2D eigenvalue weighted by Crippen LogP contribution is -2.33.